The Morgan fingerprint density at radius 1 is 1.07 bits per heavy atom. The van der Waals surface area contributed by atoms with Gasteiger partial charge in [-0.25, -0.2) is 4.79 Å². The molecule has 0 spiro atoms. The van der Waals surface area contributed by atoms with Crippen molar-refractivity contribution < 1.29 is 19.1 Å². The molecular weight excluding hydrogens is 346 g/mol. The quantitative estimate of drug-likeness (QED) is 0.651. The number of nitrogens with zero attached hydrogens (tertiary/aromatic N) is 2. The third-order valence-corrected chi connectivity index (χ3v) is 3.77. The number of rotatable bonds is 7. The van der Waals surface area contributed by atoms with Gasteiger partial charge < -0.3 is 14.8 Å². The molecular formula is C20H19N3O4. The van der Waals surface area contributed by atoms with E-state index in [4.69, 9.17) is 9.47 Å². The topological polar surface area (TPSA) is 82.4 Å². The van der Waals surface area contributed by atoms with Gasteiger partial charge >= 0.3 is 5.97 Å². The Morgan fingerprint density at radius 2 is 1.81 bits per heavy atom. The summed E-state index contributed by atoms with van der Waals surface area (Å²) in [5, 5.41) is 6.79. The minimum Gasteiger partial charge on any atom is -0.495 e. The van der Waals surface area contributed by atoms with Crippen molar-refractivity contribution in [1.82, 2.24) is 9.78 Å². The highest BCUT2D eigenvalue weighted by Crippen LogP contribution is 2.22. The Bertz CT molecular complexity index is 922. The maximum absolute atomic E-state index is 12.1. The van der Waals surface area contributed by atoms with Crippen LogP contribution in [0, 0.1) is 0 Å². The normalized spacial score (nSPS) is 10.3. The van der Waals surface area contributed by atoms with Crippen LogP contribution in [0.3, 0.4) is 0 Å². The fourth-order valence-electron chi connectivity index (χ4n) is 2.47. The summed E-state index contributed by atoms with van der Waals surface area (Å²) in [6, 6.07) is 16.7. The fourth-order valence-corrected chi connectivity index (χ4v) is 2.47. The molecule has 3 rings (SSSR count). The molecule has 1 heterocycles. The van der Waals surface area contributed by atoms with Gasteiger partial charge in [0.1, 0.15) is 5.75 Å². The van der Waals surface area contributed by atoms with E-state index in [1.807, 2.05) is 30.3 Å². The largest absolute Gasteiger partial charge is 0.495 e. The summed E-state index contributed by atoms with van der Waals surface area (Å²) in [6.07, 6.45) is 3.01. The van der Waals surface area contributed by atoms with Crippen molar-refractivity contribution in [2.45, 2.75) is 6.54 Å². The van der Waals surface area contributed by atoms with E-state index in [9.17, 15) is 9.59 Å². The first-order valence-electron chi connectivity index (χ1n) is 8.32. The zero-order chi connectivity index (χ0) is 19.1. The second-order valence-electron chi connectivity index (χ2n) is 5.74. The van der Waals surface area contributed by atoms with Crippen LogP contribution < -0.4 is 10.1 Å². The van der Waals surface area contributed by atoms with E-state index < -0.39 is 18.5 Å². The molecule has 7 heteroatoms. The van der Waals surface area contributed by atoms with Gasteiger partial charge in [0.15, 0.2) is 6.61 Å². The molecule has 0 aliphatic carbocycles. The van der Waals surface area contributed by atoms with Crippen LogP contribution >= 0.6 is 0 Å². The molecule has 0 bridgehead atoms. The van der Waals surface area contributed by atoms with Crippen molar-refractivity contribution in [3.63, 3.8) is 0 Å². The minimum absolute atomic E-state index is 0.288. The lowest BCUT2D eigenvalue weighted by Crippen LogP contribution is -2.21. The lowest BCUT2D eigenvalue weighted by Gasteiger charge is -2.09. The van der Waals surface area contributed by atoms with E-state index in [-0.39, 0.29) is 5.56 Å². The summed E-state index contributed by atoms with van der Waals surface area (Å²) < 4.78 is 11.9. The molecule has 0 atom stereocenters. The molecule has 0 fully saturated rings. The summed E-state index contributed by atoms with van der Waals surface area (Å²) in [5.41, 5.74) is 1.87. The molecule has 0 radical (unpaired) electrons. The third-order valence-electron chi connectivity index (χ3n) is 3.77. The standard InChI is InChI=1S/C20H19N3O4/c1-26-18-10-6-5-9-17(18)22-19(24)14-27-20(25)16-11-21-23(13-16)12-15-7-3-2-4-8-15/h2-11,13H,12,14H2,1H3,(H,22,24). The summed E-state index contributed by atoms with van der Waals surface area (Å²) in [4.78, 5) is 24.1. The summed E-state index contributed by atoms with van der Waals surface area (Å²) in [6.45, 7) is 0.142. The number of carbonyl (C=O) groups excluding carboxylic acids is 2. The first-order valence-corrected chi connectivity index (χ1v) is 8.32. The maximum atomic E-state index is 12.1. The average Bonchev–Trinajstić information content (AvgIpc) is 3.16. The molecule has 3 aromatic rings. The lowest BCUT2D eigenvalue weighted by atomic mass is 10.2. The number of esters is 1. The molecule has 1 aromatic heterocycles. The van der Waals surface area contributed by atoms with Gasteiger partial charge in [-0.3, -0.25) is 9.48 Å². The van der Waals surface area contributed by atoms with Crippen molar-refractivity contribution in [2.24, 2.45) is 0 Å². The number of nitrogens with one attached hydrogen (secondary N) is 1. The van der Waals surface area contributed by atoms with Crippen LogP contribution in [0.2, 0.25) is 0 Å². The number of ether oxygens (including phenoxy) is 2. The summed E-state index contributed by atoms with van der Waals surface area (Å²) in [5.74, 6) is -0.534. The molecule has 27 heavy (non-hydrogen) atoms. The van der Waals surface area contributed by atoms with E-state index in [1.165, 1.54) is 13.3 Å². The van der Waals surface area contributed by atoms with Crippen LogP contribution in [-0.4, -0.2) is 35.4 Å². The molecule has 0 saturated carbocycles. The Labute approximate surface area is 156 Å². The number of aromatic nitrogens is 2. The van der Waals surface area contributed by atoms with E-state index in [2.05, 4.69) is 10.4 Å². The minimum atomic E-state index is -0.607. The first-order chi connectivity index (χ1) is 13.2. The van der Waals surface area contributed by atoms with Gasteiger partial charge in [-0.05, 0) is 17.7 Å². The van der Waals surface area contributed by atoms with Gasteiger partial charge in [-0.2, -0.15) is 5.10 Å². The van der Waals surface area contributed by atoms with Crippen molar-refractivity contribution in [3.05, 3.63) is 78.1 Å². The number of methoxy groups -OCH3 is 1. The fraction of sp³-hybridized carbons (Fsp3) is 0.150. The van der Waals surface area contributed by atoms with Crippen LogP contribution in [-0.2, 0) is 16.1 Å². The molecule has 2 aromatic carbocycles. The van der Waals surface area contributed by atoms with Gasteiger partial charge in [-0.15, -0.1) is 0 Å². The molecule has 0 saturated heterocycles. The Hall–Kier alpha value is -3.61. The second-order valence-corrected chi connectivity index (χ2v) is 5.74. The Morgan fingerprint density at radius 3 is 2.59 bits per heavy atom. The molecule has 0 aliphatic rings. The number of carbonyl (C=O) groups is 2. The summed E-state index contributed by atoms with van der Waals surface area (Å²) in [7, 11) is 1.51. The number of amides is 1. The molecule has 1 N–H and O–H groups in total. The number of anilines is 1. The zero-order valence-corrected chi connectivity index (χ0v) is 14.8. The van der Waals surface area contributed by atoms with Gasteiger partial charge in [0, 0.05) is 6.20 Å². The average molecular weight is 365 g/mol. The molecule has 0 unspecified atom stereocenters. The maximum Gasteiger partial charge on any atom is 0.341 e. The smallest absolute Gasteiger partial charge is 0.341 e. The molecule has 0 aliphatic heterocycles. The Balaban J connectivity index is 1.52. The van der Waals surface area contributed by atoms with Crippen molar-refractivity contribution in [2.75, 3.05) is 19.0 Å². The number of para-hydroxylation sites is 2. The van der Waals surface area contributed by atoms with Crippen LogP contribution in [0.4, 0.5) is 5.69 Å². The van der Waals surface area contributed by atoms with Crippen LogP contribution in [0.15, 0.2) is 67.0 Å². The second kappa shape index (κ2) is 8.66. The number of hydrogen-bond acceptors (Lipinski definition) is 5. The van der Waals surface area contributed by atoms with Gasteiger partial charge in [0.05, 0.1) is 31.1 Å². The summed E-state index contributed by atoms with van der Waals surface area (Å²) >= 11 is 0. The van der Waals surface area contributed by atoms with Crippen LogP contribution in [0.5, 0.6) is 5.75 Å². The highest BCUT2D eigenvalue weighted by molar-refractivity contribution is 5.96. The highest BCUT2D eigenvalue weighted by atomic mass is 16.5. The molecule has 7 nitrogen and oxygen atoms in total. The van der Waals surface area contributed by atoms with Gasteiger partial charge in [0.2, 0.25) is 0 Å². The monoisotopic (exact) mass is 365 g/mol. The van der Waals surface area contributed by atoms with Crippen molar-refractivity contribution >= 4 is 17.6 Å². The third kappa shape index (κ3) is 4.94. The SMILES string of the molecule is COc1ccccc1NC(=O)COC(=O)c1cnn(Cc2ccccc2)c1. The zero-order valence-electron chi connectivity index (χ0n) is 14.8. The van der Waals surface area contributed by atoms with E-state index in [0.29, 0.717) is 18.0 Å². The van der Waals surface area contributed by atoms with Crippen LogP contribution in [0.25, 0.3) is 0 Å². The first kappa shape index (κ1) is 18.2. The van der Waals surface area contributed by atoms with E-state index >= 15 is 0 Å². The van der Waals surface area contributed by atoms with Gasteiger partial charge in [-0.1, -0.05) is 42.5 Å². The number of benzene rings is 2. The molecule has 1 amide bonds. The highest BCUT2D eigenvalue weighted by Gasteiger charge is 2.14. The van der Waals surface area contributed by atoms with E-state index in [1.54, 1.807) is 35.1 Å². The predicted molar refractivity (Wildman–Crippen MR) is 99.7 cm³/mol. The van der Waals surface area contributed by atoms with Crippen LogP contribution in [0.1, 0.15) is 15.9 Å². The predicted octanol–water partition coefficient (Wildman–Crippen LogP) is 2.74. The Kier molecular flexibility index (Phi) is 5.84. The van der Waals surface area contributed by atoms with E-state index in [0.717, 1.165) is 5.56 Å². The van der Waals surface area contributed by atoms with Crippen molar-refractivity contribution in [1.29, 1.82) is 0 Å². The number of hydrogen-bond donors (Lipinski definition) is 1. The van der Waals surface area contributed by atoms with Gasteiger partial charge in [0.25, 0.3) is 5.91 Å². The van der Waals surface area contributed by atoms with Crippen molar-refractivity contribution in [3.8, 4) is 5.75 Å². The molecule has 138 valence electrons. The lowest BCUT2D eigenvalue weighted by molar-refractivity contribution is -0.119.